The Morgan fingerprint density at radius 1 is 0.981 bits per heavy atom. The fourth-order valence-corrected chi connectivity index (χ4v) is 6.00. The maximum atomic E-state index is 12.8. The third-order valence-electron chi connectivity index (χ3n) is 7.17. The molecule has 0 spiro atoms. The molecule has 3 aromatic heterocycles. The summed E-state index contributed by atoms with van der Waals surface area (Å²) in [4.78, 5) is 43.4. The number of nitrogens with zero attached hydrogens (tertiary/aromatic N) is 7. The van der Waals surface area contributed by atoms with Gasteiger partial charge in [0.05, 0.1) is 32.4 Å². The zero-order valence-corrected chi connectivity index (χ0v) is 35.7. The number of rotatable bonds is 13. The standard InChI is InChI=1S/C28H27N9O11S2.2K/c1-14(11-30-28(42)16-8-17(49(43,44)45)10-18(9-16)50(46,47)48)26-31-27-24(15(2)34-37(27)35-26)33-32-20-5-6-21(25-19(20)4-3-7-29-25)36(12-22(38)39)13-23(40)41;;/h3-10,14,34H,11-13H2,1-2H3,(H,30,42)(H,38,39)(H,40,41)(H,43,44,45)(H,46,47,48);;/q;2*+1/p-2. The molecule has 2 aromatic carbocycles. The Bertz CT molecular complexity index is 2370. The first kappa shape index (κ1) is 43.8. The number of carbonyl (C=O) groups excluding carboxylic acids is 1. The summed E-state index contributed by atoms with van der Waals surface area (Å²) >= 11 is 0. The minimum Gasteiger partial charge on any atom is -0.744 e. The Hall–Kier alpha value is -2.57. The molecule has 0 bridgehead atoms. The van der Waals surface area contributed by atoms with Gasteiger partial charge in [-0.1, -0.05) is 6.92 Å². The van der Waals surface area contributed by atoms with Crippen molar-refractivity contribution in [2.24, 2.45) is 10.2 Å². The van der Waals surface area contributed by atoms with E-state index in [0.717, 1.165) is 4.90 Å². The van der Waals surface area contributed by atoms with Gasteiger partial charge < -0.3 is 29.5 Å². The number of amides is 1. The largest absolute Gasteiger partial charge is 1.00 e. The molecule has 0 saturated heterocycles. The molecule has 1 unspecified atom stereocenters. The smallest absolute Gasteiger partial charge is 0.744 e. The van der Waals surface area contributed by atoms with E-state index in [1.54, 1.807) is 26.0 Å². The van der Waals surface area contributed by atoms with Crippen LogP contribution in [0.5, 0.6) is 0 Å². The molecule has 52 heavy (non-hydrogen) atoms. The second-order valence-electron chi connectivity index (χ2n) is 10.9. The van der Waals surface area contributed by atoms with Crippen molar-refractivity contribution in [3.8, 4) is 0 Å². The van der Waals surface area contributed by atoms with E-state index in [9.17, 15) is 50.5 Å². The van der Waals surface area contributed by atoms with E-state index in [1.165, 1.54) is 23.0 Å². The van der Waals surface area contributed by atoms with Gasteiger partial charge in [-0.15, -0.1) is 15.3 Å². The molecule has 5 aromatic rings. The quantitative estimate of drug-likeness (QED) is 0.0497. The number of hydrogen-bond donors (Lipinski definition) is 4. The number of aliphatic carboxylic acids is 2. The Labute approximate surface area is 379 Å². The number of carboxylic acids is 2. The third-order valence-corrected chi connectivity index (χ3v) is 8.80. The van der Waals surface area contributed by atoms with E-state index in [-0.39, 0.29) is 126 Å². The number of aromatic nitrogens is 5. The van der Waals surface area contributed by atoms with Crippen LogP contribution in [0, 0.1) is 6.92 Å². The van der Waals surface area contributed by atoms with Crippen LogP contribution < -0.4 is 113 Å². The number of nitrogens with one attached hydrogen (secondary N) is 2. The van der Waals surface area contributed by atoms with Gasteiger partial charge in [-0.25, -0.2) is 21.8 Å². The van der Waals surface area contributed by atoms with Crippen molar-refractivity contribution in [3.05, 3.63) is 65.7 Å². The molecule has 1 atom stereocenters. The monoisotopic (exact) mass is 805 g/mol. The van der Waals surface area contributed by atoms with Gasteiger partial charge in [-0.2, -0.15) is 4.63 Å². The normalized spacial score (nSPS) is 12.3. The number of pyridine rings is 1. The number of hydrogen-bond acceptors (Lipinski definition) is 15. The number of aromatic amines is 1. The summed E-state index contributed by atoms with van der Waals surface area (Å²) in [5.41, 5.74) is 1.44. The summed E-state index contributed by atoms with van der Waals surface area (Å²) < 4.78 is 70.2. The van der Waals surface area contributed by atoms with Crippen LogP contribution in [-0.4, -0.2) is 98.4 Å². The van der Waals surface area contributed by atoms with Crippen molar-refractivity contribution in [2.75, 3.05) is 24.5 Å². The average Bonchev–Trinajstić information content (AvgIpc) is 3.57. The zero-order chi connectivity index (χ0) is 36.5. The molecule has 0 fully saturated rings. The summed E-state index contributed by atoms with van der Waals surface area (Å²) in [6.45, 7) is 2.04. The Morgan fingerprint density at radius 3 is 2.17 bits per heavy atom. The van der Waals surface area contributed by atoms with Crippen molar-refractivity contribution >= 4 is 71.7 Å². The van der Waals surface area contributed by atoms with Crippen molar-refractivity contribution < 1.29 is 153 Å². The van der Waals surface area contributed by atoms with E-state index >= 15 is 0 Å². The van der Waals surface area contributed by atoms with Crippen LogP contribution in [-0.2, 0) is 29.8 Å². The predicted octanol–water partition coefficient (Wildman–Crippen LogP) is -4.35. The molecule has 262 valence electrons. The van der Waals surface area contributed by atoms with E-state index in [1.807, 2.05) is 0 Å². The van der Waals surface area contributed by atoms with E-state index < -0.39 is 72.4 Å². The van der Waals surface area contributed by atoms with Crippen LogP contribution in [0.4, 0.5) is 17.1 Å². The van der Waals surface area contributed by atoms with Crippen molar-refractivity contribution in [3.63, 3.8) is 0 Å². The first-order valence-corrected chi connectivity index (χ1v) is 17.0. The van der Waals surface area contributed by atoms with Crippen LogP contribution >= 0.6 is 0 Å². The van der Waals surface area contributed by atoms with Crippen molar-refractivity contribution in [1.29, 1.82) is 0 Å². The van der Waals surface area contributed by atoms with Crippen LogP contribution in [0.15, 0.2) is 68.7 Å². The topological polar surface area (TPSA) is 305 Å². The van der Waals surface area contributed by atoms with Gasteiger partial charge in [0, 0.05) is 29.6 Å². The van der Waals surface area contributed by atoms with Gasteiger partial charge in [0.1, 0.15) is 33.3 Å². The van der Waals surface area contributed by atoms with Crippen LogP contribution in [0.1, 0.15) is 34.7 Å². The van der Waals surface area contributed by atoms with Gasteiger partial charge >= 0.3 is 115 Å². The molecule has 1 amide bonds. The minimum atomic E-state index is -5.20. The predicted molar refractivity (Wildman–Crippen MR) is 169 cm³/mol. The van der Waals surface area contributed by atoms with Crippen LogP contribution in [0.2, 0.25) is 0 Å². The average molecular weight is 806 g/mol. The fraction of sp³-hybridized carbons (Fsp3) is 0.214. The first-order valence-electron chi connectivity index (χ1n) is 14.2. The molecule has 0 radical (unpaired) electrons. The second kappa shape index (κ2) is 17.7. The maximum Gasteiger partial charge on any atom is 1.00 e. The summed E-state index contributed by atoms with van der Waals surface area (Å²) in [6.07, 6.45) is 1.47. The van der Waals surface area contributed by atoms with Crippen molar-refractivity contribution in [1.82, 2.24) is 30.1 Å². The summed E-state index contributed by atoms with van der Waals surface area (Å²) in [7, 11) is -10.4. The van der Waals surface area contributed by atoms with E-state index in [0.29, 0.717) is 46.2 Å². The first-order chi connectivity index (χ1) is 23.4. The number of aryl methyl sites for hydroxylation is 1. The summed E-state index contributed by atoms with van der Waals surface area (Å²) in [6, 6.07) is 8.02. The van der Waals surface area contributed by atoms with Gasteiger partial charge in [-0.3, -0.25) is 24.5 Å². The third kappa shape index (κ3) is 10.3. The molecule has 0 saturated carbocycles. The number of fused-ring (bicyclic) bond motifs is 2. The van der Waals surface area contributed by atoms with Crippen LogP contribution in [0.25, 0.3) is 16.6 Å². The molecule has 3 heterocycles. The van der Waals surface area contributed by atoms with Gasteiger partial charge in [0.25, 0.3) is 5.91 Å². The number of azo groups is 1. The number of carbonyl (C=O) groups is 3. The van der Waals surface area contributed by atoms with E-state index in [4.69, 9.17) is 0 Å². The van der Waals surface area contributed by atoms with Crippen molar-refractivity contribution in [2.45, 2.75) is 29.6 Å². The number of carboxylic acid groups (broad SMARTS) is 2. The molecule has 20 nitrogen and oxygen atoms in total. The van der Waals surface area contributed by atoms with Gasteiger partial charge in [0.15, 0.2) is 11.5 Å². The fourth-order valence-electron chi connectivity index (χ4n) is 4.84. The second-order valence-corrected chi connectivity index (χ2v) is 13.6. The molecule has 5 rings (SSSR count). The number of benzene rings is 2. The summed E-state index contributed by atoms with van der Waals surface area (Å²) in [5.74, 6) is -3.78. The molecule has 0 aliphatic rings. The zero-order valence-electron chi connectivity index (χ0n) is 27.8. The molecule has 0 aliphatic carbocycles. The van der Waals surface area contributed by atoms with E-state index in [2.05, 4.69) is 35.7 Å². The molecule has 0 aliphatic heterocycles. The Kier molecular flexibility index (Phi) is 14.9. The summed E-state index contributed by atoms with van der Waals surface area (Å²) in [5, 5.41) is 37.6. The maximum absolute atomic E-state index is 12.8. The SMILES string of the molecule is Cc1[nH]n2nc(C(C)CNC(=O)c3cc(S(=O)(=O)[O-])cc(S(=O)(=O)[O-])c3)nc2c1N=Nc1ccc(N(CC(=O)O)CC(=O)O)c2ncccc12.[K+].[K+]. The Morgan fingerprint density at radius 2 is 1.60 bits per heavy atom. The van der Waals surface area contributed by atoms with Gasteiger partial charge in [0.2, 0.25) is 5.65 Å². The number of H-pyrrole nitrogens is 1. The van der Waals surface area contributed by atoms with Crippen LogP contribution in [0.3, 0.4) is 0 Å². The molecule has 4 N–H and O–H groups in total. The van der Waals surface area contributed by atoms with Gasteiger partial charge in [-0.05, 0) is 49.4 Å². The minimum absolute atomic E-state index is 0. The number of anilines is 1. The molecular formula is C28H25K2N9O11S2. The molecule has 24 heteroatoms. The molecular weight excluding hydrogens is 781 g/mol. The Balaban J connectivity index is 0.00000364.